The minimum Gasteiger partial charge on any atom is -0.378 e. The number of nitriles is 1. The van der Waals surface area contributed by atoms with Crippen molar-refractivity contribution >= 4 is 8.41 Å². The molecule has 0 atom stereocenters. The van der Waals surface area contributed by atoms with Crippen molar-refractivity contribution in [1.82, 2.24) is 9.80 Å². The molecule has 0 amide bonds. The molecule has 1 aliphatic heterocycles. The van der Waals surface area contributed by atoms with Crippen LogP contribution in [0.1, 0.15) is 0 Å². The summed E-state index contributed by atoms with van der Waals surface area (Å²) < 4.78 is 0. The highest BCUT2D eigenvalue weighted by Crippen LogP contribution is 2.07. The van der Waals surface area contributed by atoms with E-state index in [2.05, 4.69) is 0 Å². The van der Waals surface area contributed by atoms with Gasteiger partial charge in [0.2, 0.25) is 0 Å². The number of halogens is 4. The van der Waals surface area contributed by atoms with E-state index in [4.69, 9.17) is 5.26 Å². The number of allylic oxidation sites excluding steroid dienone is 1. The Labute approximate surface area is 94.1 Å². The number of hydrogen-bond donors (Lipinski definition) is 0. The number of nitrogens with zero attached hydrogens (tertiary/aromatic N) is 3. The number of likely N-dealkylation sites (N-methyl/N-ethyl adjacent to an activating group) is 1. The minimum atomic E-state index is 0. The van der Waals surface area contributed by atoms with Crippen LogP contribution in [0.4, 0.5) is 18.8 Å². The third-order valence-electron chi connectivity index (χ3n) is 1.57. The van der Waals surface area contributed by atoms with E-state index in [9.17, 15) is 0 Å². The summed E-state index contributed by atoms with van der Waals surface area (Å²) in [5.74, 6) is 0. The molecular weight excluding hydrogens is 225 g/mol. The van der Waals surface area contributed by atoms with E-state index in [1.807, 2.05) is 37.3 Å². The molecule has 0 bridgehead atoms. The molecule has 8 heteroatoms. The zero-order valence-corrected chi connectivity index (χ0v) is 8.99. The third-order valence-corrected chi connectivity index (χ3v) is 1.57. The first kappa shape index (κ1) is 29.3. The Bertz CT molecular complexity index is 250. The normalized spacial score (nSPS) is 10.8. The maximum absolute atomic E-state index is 8.50. The Balaban J connectivity index is -0.0000000807. The molecule has 0 saturated carbocycles. The van der Waals surface area contributed by atoms with Gasteiger partial charge in [0.15, 0.2) is 6.19 Å². The topological polar surface area (TPSA) is 30.3 Å². The van der Waals surface area contributed by atoms with Crippen LogP contribution >= 0.6 is 0 Å². The summed E-state index contributed by atoms with van der Waals surface area (Å²) in [6.45, 7) is 0.681. The van der Waals surface area contributed by atoms with Crippen LogP contribution in [-0.4, -0.2) is 38.9 Å². The van der Waals surface area contributed by atoms with E-state index in [0.29, 0.717) is 6.54 Å². The third kappa shape index (κ3) is 7.73. The van der Waals surface area contributed by atoms with Crippen molar-refractivity contribution in [2.24, 2.45) is 0 Å². The molecule has 1 aliphatic rings. The average molecular weight is 240 g/mol. The largest absolute Gasteiger partial charge is 0.378 e. The summed E-state index contributed by atoms with van der Waals surface area (Å²) in [7, 11) is 3.97. The molecule has 0 unspecified atom stereocenters. The van der Waals surface area contributed by atoms with Gasteiger partial charge >= 0.3 is 0 Å². The second kappa shape index (κ2) is 13.4. The zero-order valence-electron chi connectivity index (χ0n) is 8.99. The van der Waals surface area contributed by atoms with Gasteiger partial charge in [-0.3, -0.25) is 23.7 Å². The molecule has 0 N–H and O–H groups in total. The first-order valence-corrected chi connectivity index (χ1v) is 3.46. The molecule has 3 nitrogen and oxygen atoms in total. The molecule has 0 fully saturated rings. The fraction of sp³-hybridized carbons (Fsp3) is 0.375. The van der Waals surface area contributed by atoms with Crippen LogP contribution in [0, 0.1) is 11.5 Å². The van der Waals surface area contributed by atoms with E-state index in [-0.39, 0.29) is 27.2 Å². The van der Waals surface area contributed by atoms with Crippen LogP contribution in [-0.2, 0) is 0 Å². The minimum absolute atomic E-state index is 0. The van der Waals surface area contributed by atoms with E-state index < -0.39 is 0 Å². The molecule has 93 valence electrons. The van der Waals surface area contributed by atoms with Crippen molar-refractivity contribution < 1.29 is 18.8 Å². The Morgan fingerprint density at radius 1 is 1.25 bits per heavy atom. The summed E-state index contributed by atoms with van der Waals surface area (Å²) in [5, 5.41) is 8.50. The van der Waals surface area contributed by atoms with Gasteiger partial charge in [0.25, 0.3) is 0 Å². The van der Waals surface area contributed by atoms with Gasteiger partial charge in [-0.2, -0.15) is 5.26 Å². The molecule has 1 rings (SSSR count). The predicted octanol–water partition coefficient (Wildman–Crippen LogP) is 0.971. The van der Waals surface area contributed by atoms with Crippen molar-refractivity contribution in [3.05, 3.63) is 24.0 Å². The van der Waals surface area contributed by atoms with E-state index >= 15 is 0 Å². The maximum Gasteiger partial charge on any atom is 0.184 e. The van der Waals surface area contributed by atoms with Crippen molar-refractivity contribution in [2.45, 2.75) is 0 Å². The first-order valence-electron chi connectivity index (χ1n) is 3.46. The lowest BCUT2D eigenvalue weighted by Crippen LogP contribution is -2.18. The lowest BCUT2D eigenvalue weighted by molar-refractivity contribution is 0.498. The van der Waals surface area contributed by atoms with Crippen LogP contribution in [0.15, 0.2) is 24.0 Å². The summed E-state index contributed by atoms with van der Waals surface area (Å²) in [5.41, 5.74) is 1.15. The van der Waals surface area contributed by atoms with Crippen LogP contribution < -0.4 is 0 Å². The van der Waals surface area contributed by atoms with Gasteiger partial charge in [-0.25, -0.2) is 0 Å². The van der Waals surface area contributed by atoms with Gasteiger partial charge in [0, 0.05) is 34.4 Å². The Kier molecular flexibility index (Phi) is 24.4. The quantitative estimate of drug-likeness (QED) is 0.388. The SMILES string of the molecule is CN(C)C1=CCN(C#N)C=C1.F.F.F.F.[B]. The van der Waals surface area contributed by atoms with Gasteiger partial charge in [0.05, 0.1) is 6.54 Å². The summed E-state index contributed by atoms with van der Waals surface area (Å²) in [4.78, 5) is 3.60. The monoisotopic (exact) mass is 240 g/mol. The smallest absolute Gasteiger partial charge is 0.184 e. The molecule has 0 aromatic rings. The molecular formula is C8H15BF4N3. The van der Waals surface area contributed by atoms with Crippen molar-refractivity contribution in [2.75, 3.05) is 20.6 Å². The highest BCUT2D eigenvalue weighted by atomic mass is 19.0. The van der Waals surface area contributed by atoms with Crippen LogP contribution in [0.25, 0.3) is 0 Å². The Morgan fingerprint density at radius 3 is 2.00 bits per heavy atom. The summed E-state index contributed by atoms with van der Waals surface area (Å²) in [6, 6.07) is 0. The lowest BCUT2D eigenvalue weighted by atomic mass is 10.3. The number of hydrogen-bond acceptors (Lipinski definition) is 3. The van der Waals surface area contributed by atoms with E-state index in [1.54, 1.807) is 11.1 Å². The predicted molar refractivity (Wildman–Crippen MR) is 59.0 cm³/mol. The zero-order chi connectivity index (χ0) is 8.27. The van der Waals surface area contributed by atoms with Crippen LogP contribution in [0.2, 0.25) is 0 Å². The number of rotatable bonds is 1. The fourth-order valence-electron chi connectivity index (χ4n) is 0.893. The lowest BCUT2D eigenvalue weighted by Gasteiger charge is -2.19. The molecule has 1 heterocycles. The van der Waals surface area contributed by atoms with Gasteiger partial charge in [-0.1, -0.05) is 0 Å². The standard InChI is InChI=1S/C8H11N3.B.4FH/c1-10(2)8-3-5-11(7-9)6-4-8;;;;;/h3-5H,6H2,1-2H3;;4*1H. The van der Waals surface area contributed by atoms with Crippen molar-refractivity contribution in [1.29, 1.82) is 5.26 Å². The highest BCUT2D eigenvalue weighted by Gasteiger charge is 2.03. The van der Waals surface area contributed by atoms with Gasteiger partial charge < -0.3 is 4.90 Å². The van der Waals surface area contributed by atoms with Crippen molar-refractivity contribution in [3.63, 3.8) is 0 Å². The molecule has 0 aromatic heterocycles. The fourth-order valence-corrected chi connectivity index (χ4v) is 0.893. The van der Waals surface area contributed by atoms with Gasteiger partial charge in [-0.05, 0) is 12.2 Å². The van der Waals surface area contributed by atoms with E-state index in [0.717, 1.165) is 5.70 Å². The molecule has 0 aromatic carbocycles. The highest BCUT2D eigenvalue weighted by molar-refractivity contribution is 5.75. The molecule has 0 aliphatic carbocycles. The van der Waals surface area contributed by atoms with Crippen molar-refractivity contribution in [3.8, 4) is 6.19 Å². The second-order valence-corrected chi connectivity index (χ2v) is 2.59. The maximum atomic E-state index is 8.50. The van der Waals surface area contributed by atoms with Crippen LogP contribution in [0.3, 0.4) is 0 Å². The Hall–Kier alpha value is -1.65. The molecule has 0 saturated heterocycles. The second-order valence-electron chi connectivity index (χ2n) is 2.59. The van der Waals surface area contributed by atoms with Gasteiger partial charge in [-0.15, -0.1) is 0 Å². The molecule has 0 spiro atoms. The van der Waals surface area contributed by atoms with E-state index in [1.165, 1.54) is 0 Å². The average Bonchev–Trinajstić information content (AvgIpc) is 2.05. The first-order chi connectivity index (χ1) is 5.24. The summed E-state index contributed by atoms with van der Waals surface area (Å²) >= 11 is 0. The summed E-state index contributed by atoms with van der Waals surface area (Å²) in [6.07, 6.45) is 7.77. The Morgan fingerprint density at radius 2 is 1.75 bits per heavy atom. The molecule has 3 radical (unpaired) electrons. The van der Waals surface area contributed by atoms with Crippen LogP contribution in [0.5, 0.6) is 0 Å². The molecule has 16 heavy (non-hydrogen) atoms. The van der Waals surface area contributed by atoms with Gasteiger partial charge in [0.1, 0.15) is 0 Å².